The number of fused-ring (bicyclic) bond motifs is 2. The van der Waals surface area contributed by atoms with Crippen molar-refractivity contribution >= 4 is 33.3 Å². The fourth-order valence-electron chi connectivity index (χ4n) is 4.86. The number of hydrogen-bond donors (Lipinski definition) is 1. The molecule has 2 aliphatic rings. The van der Waals surface area contributed by atoms with Crippen molar-refractivity contribution in [2.24, 2.45) is 0 Å². The van der Waals surface area contributed by atoms with Crippen LogP contribution in [0.25, 0.3) is 15.3 Å². The third-order valence-electron chi connectivity index (χ3n) is 6.48. The third-order valence-corrected chi connectivity index (χ3v) is 7.49. The van der Waals surface area contributed by atoms with Crippen LogP contribution in [-0.2, 0) is 4.79 Å². The molecule has 2 aromatic heterocycles. The number of anilines is 1. The Morgan fingerprint density at radius 1 is 1.09 bits per heavy atom. The Kier molecular flexibility index (Phi) is 5.02. The van der Waals surface area contributed by atoms with Crippen molar-refractivity contribution < 1.29 is 14.3 Å². The van der Waals surface area contributed by atoms with Gasteiger partial charge in [-0.25, -0.2) is 4.98 Å². The van der Waals surface area contributed by atoms with E-state index in [-0.39, 0.29) is 17.9 Å². The molecule has 168 valence electrons. The zero-order valence-electron chi connectivity index (χ0n) is 18.3. The number of benzene rings is 2. The molecule has 1 aliphatic carbocycles. The zero-order valence-corrected chi connectivity index (χ0v) is 19.1. The smallest absolute Gasteiger partial charge is 0.226 e. The number of amides is 1. The van der Waals surface area contributed by atoms with Crippen molar-refractivity contribution in [1.82, 2.24) is 14.8 Å². The van der Waals surface area contributed by atoms with Crippen molar-refractivity contribution in [1.29, 1.82) is 0 Å². The highest BCUT2D eigenvalue weighted by Gasteiger charge is 2.34. The van der Waals surface area contributed by atoms with Gasteiger partial charge in [0.1, 0.15) is 5.82 Å². The summed E-state index contributed by atoms with van der Waals surface area (Å²) in [7, 11) is 1.66. The second-order valence-corrected chi connectivity index (χ2v) is 9.54. The zero-order chi connectivity index (χ0) is 22.4. The molecule has 1 atom stereocenters. The summed E-state index contributed by atoms with van der Waals surface area (Å²) in [6, 6.07) is 13.9. The van der Waals surface area contributed by atoms with E-state index < -0.39 is 0 Å². The molecule has 8 heteroatoms. The molecule has 4 aromatic rings. The molecule has 1 amide bonds. The molecule has 6 rings (SSSR count). The maximum absolute atomic E-state index is 12.8. The topological polar surface area (TPSA) is 78.3 Å². The lowest BCUT2D eigenvalue weighted by Crippen LogP contribution is -2.25. The van der Waals surface area contributed by atoms with Gasteiger partial charge in [0.2, 0.25) is 11.0 Å². The molecular weight excluding hydrogens is 436 g/mol. The van der Waals surface area contributed by atoms with Crippen LogP contribution in [-0.4, -0.2) is 33.9 Å². The highest BCUT2D eigenvalue weighted by atomic mass is 32.1. The first-order valence-corrected chi connectivity index (χ1v) is 12.1. The molecule has 7 nitrogen and oxygen atoms in total. The van der Waals surface area contributed by atoms with E-state index >= 15 is 0 Å². The minimum absolute atomic E-state index is 0.0509. The summed E-state index contributed by atoms with van der Waals surface area (Å²) in [4.78, 5) is 17.6. The van der Waals surface area contributed by atoms with Crippen LogP contribution < -0.4 is 14.8 Å². The maximum atomic E-state index is 12.8. The summed E-state index contributed by atoms with van der Waals surface area (Å²) in [5.74, 6) is 1.88. The molecule has 0 spiro atoms. The Morgan fingerprint density at radius 3 is 2.76 bits per heavy atom. The number of ether oxygens (including phenoxy) is 2. The lowest BCUT2D eigenvalue weighted by atomic mass is 9.86. The fraction of sp³-hybridized carbons (Fsp3) is 0.320. The summed E-state index contributed by atoms with van der Waals surface area (Å²) >= 11 is 1.55. The second-order valence-electron chi connectivity index (χ2n) is 8.53. The average molecular weight is 461 g/mol. The molecule has 1 saturated carbocycles. The number of nitrogens with one attached hydrogen (secondary N) is 1. The highest BCUT2D eigenvalue weighted by Crippen LogP contribution is 2.45. The molecule has 2 aromatic carbocycles. The summed E-state index contributed by atoms with van der Waals surface area (Å²) < 4.78 is 14.9. The normalized spacial score (nSPS) is 18.3. The van der Waals surface area contributed by atoms with Gasteiger partial charge in [0, 0.05) is 23.5 Å². The second kappa shape index (κ2) is 8.19. The van der Waals surface area contributed by atoms with Crippen molar-refractivity contribution in [2.45, 2.75) is 44.1 Å². The summed E-state index contributed by atoms with van der Waals surface area (Å²) in [6.45, 7) is 0. The van der Waals surface area contributed by atoms with E-state index in [0.717, 1.165) is 45.1 Å². The highest BCUT2D eigenvalue weighted by molar-refractivity contribution is 7.20. The molecule has 0 bridgehead atoms. The van der Waals surface area contributed by atoms with E-state index in [1.807, 2.05) is 48.7 Å². The largest absolute Gasteiger partial charge is 0.493 e. The molecular formula is C25H24N4O3S. The number of carbonyl (C=O) groups excluding carboxylic acids is 1. The molecule has 1 fully saturated rings. The van der Waals surface area contributed by atoms with E-state index in [4.69, 9.17) is 14.5 Å². The Morgan fingerprint density at radius 2 is 1.94 bits per heavy atom. The number of methoxy groups -OCH3 is 1. The van der Waals surface area contributed by atoms with E-state index in [0.29, 0.717) is 18.0 Å². The van der Waals surface area contributed by atoms with Crippen molar-refractivity contribution in [2.75, 3.05) is 12.4 Å². The Hall–Kier alpha value is -3.39. The van der Waals surface area contributed by atoms with Crippen molar-refractivity contribution in [3.05, 3.63) is 59.8 Å². The van der Waals surface area contributed by atoms with Gasteiger partial charge in [0.25, 0.3) is 0 Å². The fourth-order valence-corrected chi connectivity index (χ4v) is 5.79. The SMILES string of the molecule is COc1cccc([C@H]2CC(=O)Nc3c2cnn3-c2nc3ccccc3s2)c1OC1CCCC1. The summed E-state index contributed by atoms with van der Waals surface area (Å²) in [5.41, 5.74) is 2.83. The Bertz CT molecular complexity index is 1310. The lowest BCUT2D eigenvalue weighted by molar-refractivity contribution is -0.116. The van der Waals surface area contributed by atoms with Gasteiger partial charge in [-0.2, -0.15) is 9.78 Å². The Labute approximate surface area is 195 Å². The minimum Gasteiger partial charge on any atom is -0.493 e. The minimum atomic E-state index is -0.177. The summed E-state index contributed by atoms with van der Waals surface area (Å²) in [5, 5.41) is 8.38. The van der Waals surface area contributed by atoms with Gasteiger partial charge in [-0.3, -0.25) is 4.79 Å². The number of aromatic nitrogens is 3. The van der Waals surface area contributed by atoms with Gasteiger partial charge < -0.3 is 14.8 Å². The van der Waals surface area contributed by atoms with Crippen LogP contribution in [0.4, 0.5) is 5.82 Å². The standard InChI is InChI=1S/C25H24N4O3S/c1-31-20-11-6-9-16(23(20)32-15-7-2-3-8-15)17-13-22(30)28-24-18(17)14-26-29(24)25-27-19-10-4-5-12-21(19)33-25/h4-6,9-12,14-15,17H,2-3,7-8,13H2,1H3,(H,28,30)/t17-/m1/s1. The predicted octanol–water partition coefficient (Wildman–Crippen LogP) is 5.29. The van der Waals surface area contributed by atoms with E-state index in [2.05, 4.69) is 10.4 Å². The van der Waals surface area contributed by atoms with E-state index in [1.165, 1.54) is 12.8 Å². The Balaban J connectivity index is 1.44. The van der Waals surface area contributed by atoms with Crippen LogP contribution in [0.15, 0.2) is 48.7 Å². The summed E-state index contributed by atoms with van der Waals surface area (Å²) in [6.07, 6.45) is 6.80. The first-order chi connectivity index (χ1) is 16.2. The third kappa shape index (κ3) is 3.54. The molecule has 0 saturated heterocycles. The van der Waals surface area contributed by atoms with Crippen LogP contribution in [0.3, 0.4) is 0 Å². The van der Waals surface area contributed by atoms with Crippen LogP contribution in [0.1, 0.15) is 49.1 Å². The quantitative estimate of drug-likeness (QED) is 0.438. The van der Waals surface area contributed by atoms with Gasteiger partial charge in [-0.05, 0) is 43.9 Å². The van der Waals surface area contributed by atoms with Crippen molar-refractivity contribution in [3.8, 4) is 16.6 Å². The van der Waals surface area contributed by atoms with Gasteiger partial charge in [0.05, 0.1) is 29.6 Å². The number of para-hydroxylation sites is 2. The van der Waals surface area contributed by atoms with E-state index in [9.17, 15) is 4.79 Å². The van der Waals surface area contributed by atoms with Gasteiger partial charge >= 0.3 is 0 Å². The predicted molar refractivity (Wildman–Crippen MR) is 128 cm³/mol. The van der Waals surface area contributed by atoms with Crippen LogP contribution >= 0.6 is 11.3 Å². The lowest BCUT2D eigenvalue weighted by Gasteiger charge is -2.27. The molecule has 0 radical (unpaired) electrons. The first-order valence-electron chi connectivity index (χ1n) is 11.3. The molecule has 1 N–H and O–H groups in total. The molecule has 33 heavy (non-hydrogen) atoms. The average Bonchev–Trinajstić information content (AvgIpc) is 3.58. The number of hydrogen-bond acceptors (Lipinski definition) is 6. The van der Waals surface area contributed by atoms with Crippen LogP contribution in [0.2, 0.25) is 0 Å². The number of nitrogens with zero attached hydrogens (tertiary/aromatic N) is 3. The van der Waals surface area contributed by atoms with Crippen LogP contribution in [0.5, 0.6) is 11.5 Å². The molecule has 1 aliphatic heterocycles. The molecule has 3 heterocycles. The number of rotatable bonds is 5. The molecule has 0 unspecified atom stereocenters. The van der Waals surface area contributed by atoms with E-state index in [1.54, 1.807) is 23.1 Å². The van der Waals surface area contributed by atoms with Gasteiger partial charge in [0.15, 0.2) is 11.5 Å². The first kappa shape index (κ1) is 20.2. The monoisotopic (exact) mass is 460 g/mol. The van der Waals surface area contributed by atoms with Crippen molar-refractivity contribution in [3.63, 3.8) is 0 Å². The van der Waals surface area contributed by atoms with Gasteiger partial charge in [-0.1, -0.05) is 35.6 Å². The van der Waals surface area contributed by atoms with Crippen LogP contribution in [0, 0.1) is 0 Å². The number of carbonyl (C=O) groups is 1. The number of thiazole rings is 1. The van der Waals surface area contributed by atoms with Gasteiger partial charge in [-0.15, -0.1) is 0 Å². The maximum Gasteiger partial charge on any atom is 0.226 e.